The molecule has 2 aromatic carbocycles. The Morgan fingerprint density at radius 2 is 1.71 bits per heavy atom. The van der Waals surface area contributed by atoms with Crippen molar-refractivity contribution in [3.63, 3.8) is 0 Å². The molecule has 0 aliphatic heterocycles. The van der Waals surface area contributed by atoms with E-state index in [1.54, 1.807) is 41.9 Å². The fraction of sp³-hybridized carbons (Fsp3) is 0.273. The minimum atomic E-state index is -0.538. The highest BCUT2D eigenvalue weighted by Gasteiger charge is 2.22. The molecule has 0 bridgehead atoms. The summed E-state index contributed by atoms with van der Waals surface area (Å²) in [6.45, 7) is 0.196. The van der Waals surface area contributed by atoms with Crippen LogP contribution in [0.4, 0.5) is 0 Å². The van der Waals surface area contributed by atoms with Crippen LogP contribution in [0.1, 0.15) is 23.5 Å². The Morgan fingerprint density at radius 3 is 2.26 bits per heavy atom. The number of hydroxylamine groups is 1. The number of carbonyl (C=O) groups excluding carboxylic acids is 2. The van der Waals surface area contributed by atoms with Gasteiger partial charge in [0.2, 0.25) is 17.5 Å². The lowest BCUT2D eigenvalue weighted by atomic mass is 10.1. The zero-order valence-electron chi connectivity index (χ0n) is 18.8. The monoisotopic (exact) mass is 489 g/mol. The van der Waals surface area contributed by atoms with Crippen LogP contribution in [0.3, 0.4) is 0 Å². The molecule has 0 radical (unpaired) electrons. The van der Waals surface area contributed by atoms with Crippen LogP contribution in [-0.4, -0.2) is 59.7 Å². The maximum Gasteiger partial charge on any atom is 0.290 e. The van der Waals surface area contributed by atoms with Gasteiger partial charge in [-0.2, -0.15) is 0 Å². The van der Waals surface area contributed by atoms with Crippen LogP contribution in [0, 0.1) is 0 Å². The smallest absolute Gasteiger partial charge is 0.290 e. The zero-order chi connectivity index (χ0) is 24.7. The van der Waals surface area contributed by atoms with Crippen LogP contribution in [0.15, 0.2) is 36.4 Å². The molecule has 180 valence electrons. The van der Waals surface area contributed by atoms with Crippen LogP contribution >= 0.6 is 11.6 Å². The van der Waals surface area contributed by atoms with E-state index >= 15 is 0 Å². The van der Waals surface area contributed by atoms with Crippen molar-refractivity contribution in [2.45, 2.75) is 12.8 Å². The second-order valence-corrected chi connectivity index (χ2v) is 7.39. The summed E-state index contributed by atoms with van der Waals surface area (Å²) < 4.78 is 17.8. The molecule has 0 aliphatic carbocycles. The van der Waals surface area contributed by atoms with Crippen molar-refractivity contribution in [3.05, 3.63) is 47.2 Å². The van der Waals surface area contributed by atoms with E-state index in [4.69, 9.17) is 31.0 Å². The lowest BCUT2D eigenvalue weighted by molar-refractivity contribution is -0.129. The number of amides is 2. The van der Waals surface area contributed by atoms with Gasteiger partial charge < -0.3 is 19.5 Å². The fourth-order valence-corrected chi connectivity index (χ4v) is 3.28. The molecular weight excluding hydrogens is 466 g/mol. The molecular formula is C22H24ClN5O6. The average Bonchev–Trinajstić information content (AvgIpc) is 3.31. The Morgan fingerprint density at radius 1 is 1.06 bits per heavy atom. The van der Waals surface area contributed by atoms with E-state index in [0.717, 1.165) is 0 Å². The van der Waals surface area contributed by atoms with E-state index in [1.165, 1.54) is 26.0 Å². The molecule has 1 aromatic heterocycles. The lowest BCUT2D eigenvalue weighted by Gasteiger charge is -2.14. The molecule has 0 unspecified atom stereocenters. The number of carbonyl (C=O) groups is 2. The van der Waals surface area contributed by atoms with Gasteiger partial charge >= 0.3 is 0 Å². The first kappa shape index (κ1) is 24.8. The summed E-state index contributed by atoms with van der Waals surface area (Å²) in [6.07, 6.45) is 0.385. The Balaban J connectivity index is 2.01. The quantitative estimate of drug-likeness (QED) is 0.224. The van der Waals surface area contributed by atoms with Gasteiger partial charge in [0, 0.05) is 23.6 Å². The van der Waals surface area contributed by atoms with Crippen molar-refractivity contribution in [1.29, 1.82) is 0 Å². The summed E-state index contributed by atoms with van der Waals surface area (Å²) in [4.78, 5) is 28.3. The van der Waals surface area contributed by atoms with Crippen molar-refractivity contribution < 1.29 is 29.0 Å². The summed E-state index contributed by atoms with van der Waals surface area (Å²) in [7, 11) is 4.50. The maximum atomic E-state index is 12.7. The Labute approximate surface area is 200 Å². The van der Waals surface area contributed by atoms with E-state index in [1.807, 2.05) is 0 Å². The van der Waals surface area contributed by atoms with Crippen LogP contribution in [-0.2, 0) is 4.79 Å². The summed E-state index contributed by atoms with van der Waals surface area (Å²) >= 11 is 6.03. The van der Waals surface area contributed by atoms with Gasteiger partial charge in [-0.25, -0.2) is 15.1 Å². The molecule has 3 rings (SSSR count). The predicted octanol–water partition coefficient (Wildman–Crippen LogP) is 2.63. The summed E-state index contributed by atoms with van der Waals surface area (Å²) in [5.74, 6) is 0.453. The molecule has 0 fully saturated rings. The number of ether oxygens (including phenoxy) is 3. The lowest BCUT2D eigenvalue weighted by Crippen LogP contribution is -2.27. The highest BCUT2D eigenvalue weighted by atomic mass is 35.5. The second kappa shape index (κ2) is 11.3. The van der Waals surface area contributed by atoms with Crippen molar-refractivity contribution in [2.75, 3.05) is 27.9 Å². The Bertz CT molecular complexity index is 1140. The minimum absolute atomic E-state index is 0.0557. The van der Waals surface area contributed by atoms with Gasteiger partial charge in [-0.05, 0) is 42.8 Å². The molecule has 2 amide bonds. The van der Waals surface area contributed by atoms with Crippen molar-refractivity contribution >= 4 is 23.4 Å². The van der Waals surface area contributed by atoms with E-state index in [9.17, 15) is 9.59 Å². The van der Waals surface area contributed by atoms with Gasteiger partial charge in [0.05, 0.1) is 27.0 Å². The zero-order valence-corrected chi connectivity index (χ0v) is 19.5. The van der Waals surface area contributed by atoms with Gasteiger partial charge in [-0.3, -0.25) is 14.8 Å². The van der Waals surface area contributed by atoms with E-state index in [2.05, 4.69) is 15.4 Å². The SMILES string of the molecule is COc1cc(-c2nc(C(=O)NCCCC(=O)NO)nn2-c2ccc(Cl)cc2)cc(OC)c1OC. The Kier molecular flexibility index (Phi) is 8.28. The first-order chi connectivity index (χ1) is 16.4. The first-order valence-electron chi connectivity index (χ1n) is 10.2. The van der Waals surface area contributed by atoms with Crippen LogP contribution < -0.4 is 25.0 Å². The first-order valence-corrected chi connectivity index (χ1v) is 10.5. The highest BCUT2D eigenvalue weighted by Crippen LogP contribution is 2.41. The molecule has 0 spiro atoms. The fourth-order valence-electron chi connectivity index (χ4n) is 3.15. The van der Waals surface area contributed by atoms with Crippen molar-refractivity contribution in [2.24, 2.45) is 0 Å². The third kappa shape index (κ3) is 5.56. The molecule has 1 heterocycles. The van der Waals surface area contributed by atoms with Gasteiger partial charge in [-0.1, -0.05) is 11.6 Å². The molecule has 0 saturated carbocycles. The second-order valence-electron chi connectivity index (χ2n) is 6.96. The molecule has 0 aliphatic rings. The Hall–Kier alpha value is -3.83. The number of benzene rings is 2. The number of nitrogens with one attached hydrogen (secondary N) is 2. The van der Waals surface area contributed by atoms with Crippen molar-refractivity contribution in [1.82, 2.24) is 25.6 Å². The van der Waals surface area contributed by atoms with Gasteiger partial charge in [0.25, 0.3) is 5.91 Å². The number of hydrogen-bond acceptors (Lipinski definition) is 8. The topological polar surface area (TPSA) is 137 Å². The number of nitrogens with zero attached hydrogens (tertiary/aromatic N) is 3. The van der Waals surface area contributed by atoms with E-state index in [-0.39, 0.29) is 18.8 Å². The summed E-state index contributed by atoms with van der Waals surface area (Å²) in [5.41, 5.74) is 2.73. The van der Waals surface area contributed by atoms with E-state index in [0.29, 0.717) is 45.8 Å². The summed E-state index contributed by atoms with van der Waals surface area (Å²) in [6, 6.07) is 10.3. The van der Waals surface area contributed by atoms with Crippen LogP contribution in [0.5, 0.6) is 17.2 Å². The summed E-state index contributed by atoms with van der Waals surface area (Å²) in [5, 5.41) is 16.2. The molecule has 3 aromatic rings. The van der Waals surface area contributed by atoms with Crippen molar-refractivity contribution in [3.8, 4) is 34.3 Å². The van der Waals surface area contributed by atoms with Crippen LogP contribution in [0.25, 0.3) is 17.1 Å². The number of hydrogen-bond donors (Lipinski definition) is 3. The highest BCUT2D eigenvalue weighted by molar-refractivity contribution is 6.30. The van der Waals surface area contributed by atoms with Gasteiger partial charge in [0.1, 0.15) is 0 Å². The third-order valence-electron chi connectivity index (χ3n) is 4.80. The third-order valence-corrected chi connectivity index (χ3v) is 5.05. The molecule has 3 N–H and O–H groups in total. The normalized spacial score (nSPS) is 10.5. The van der Waals surface area contributed by atoms with Crippen LogP contribution in [0.2, 0.25) is 5.02 Å². The number of methoxy groups -OCH3 is 3. The number of halogens is 1. The number of rotatable bonds is 10. The largest absolute Gasteiger partial charge is 0.493 e. The molecule has 0 saturated heterocycles. The predicted molar refractivity (Wildman–Crippen MR) is 123 cm³/mol. The van der Waals surface area contributed by atoms with E-state index < -0.39 is 11.8 Å². The van der Waals surface area contributed by atoms with Gasteiger partial charge in [-0.15, -0.1) is 5.10 Å². The molecule has 12 heteroatoms. The molecule has 34 heavy (non-hydrogen) atoms. The molecule has 11 nitrogen and oxygen atoms in total. The van der Waals surface area contributed by atoms with Gasteiger partial charge in [0.15, 0.2) is 17.3 Å². The maximum absolute atomic E-state index is 12.7. The standard InChI is InChI=1S/C22H24ClN5O6/c1-32-16-11-13(12-17(33-2)19(16)34-3)21-25-20(22(30)24-10-4-5-18(29)27-31)26-28(21)15-8-6-14(23)7-9-15/h6-9,11-12,31H,4-5,10H2,1-3H3,(H,24,30)(H,27,29). The number of aromatic nitrogens is 3. The minimum Gasteiger partial charge on any atom is -0.493 e. The average molecular weight is 490 g/mol. The molecule has 0 atom stereocenters.